The fourth-order valence-electron chi connectivity index (χ4n) is 2.58. The van der Waals surface area contributed by atoms with Gasteiger partial charge in [-0.05, 0) is 51.1 Å². The van der Waals surface area contributed by atoms with Crippen LogP contribution in [0.2, 0.25) is 0 Å². The highest BCUT2D eigenvalue weighted by atomic mass is 16.5. The molecule has 6 heteroatoms. The smallest absolute Gasteiger partial charge is 0.339 e. The highest BCUT2D eigenvalue weighted by molar-refractivity contribution is 6.04. The largest absolute Gasteiger partial charge is 0.462 e. The first kappa shape index (κ1) is 15.0. The van der Waals surface area contributed by atoms with E-state index in [-0.39, 0.29) is 5.97 Å². The lowest BCUT2D eigenvalue weighted by molar-refractivity contribution is 0.0528. The maximum atomic E-state index is 12.2. The number of carbonyl (C=O) groups excluding carboxylic acids is 1. The molecule has 2 heterocycles. The van der Waals surface area contributed by atoms with Crippen LogP contribution in [0.1, 0.15) is 28.7 Å². The van der Waals surface area contributed by atoms with Gasteiger partial charge < -0.3 is 10.5 Å². The summed E-state index contributed by atoms with van der Waals surface area (Å²) in [4.78, 5) is 16.8. The van der Waals surface area contributed by atoms with Gasteiger partial charge in [-0.1, -0.05) is 0 Å². The number of hydrogen-bond acceptors (Lipinski definition) is 5. The van der Waals surface area contributed by atoms with Crippen LogP contribution < -0.4 is 5.73 Å². The average molecular weight is 310 g/mol. The minimum Gasteiger partial charge on any atom is -0.462 e. The van der Waals surface area contributed by atoms with E-state index in [0.29, 0.717) is 28.9 Å². The molecule has 0 radical (unpaired) electrons. The van der Waals surface area contributed by atoms with Gasteiger partial charge in [-0.3, -0.25) is 0 Å². The minimum atomic E-state index is -0.358. The third-order valence-corrected chi connectivity index (χ3v) is 3.57. The summed E-state index contributed by atoms with van der Waals surface area (Å²) in [7, 11) is 0. The number of aryl methyl sites for hydroxylation is 2. The fourth-order valence-corrected chi connectivity index (χ4v) is 2.58. The molecule has 0 spiro atoms. The number of esters is 1. The minimum absolute atomic E-state index is 0.326. The number of nitrogen functional groups attached to an aromatic ring is 1. The lowest BCUT2D eigenvalue weighted by atomic mass is 10.1. The van der Waals surface area contributed by atoms with Gasteiger partial charge in [-0.25, -0.2) is 14.5 Å². The third-order valence-electron chi connectivity index (χ3n) is 3.57. The summed E-state index contributed by atoms with van der Waals surface area (Å²) in [5, 5.41) is 5.25. The molecular weight excluding hydrogens is 292 g/mol. The molecule has 0 saturated heterocycles. The van der Waals surface area contributed by atoms with Crippen molar-refractivity contribution in [3.63, 3.8) is 0 Å². The molecule has 3 aromatic rings. The number of fused-ring (bicyclic) bond motifs is 1. The topological polar surface area (TPSA) is 83.0 Å². The summed E-state index contributed by atoms with van der Waals surface area (Å²) >= 11 is 0. The number of carbonyl (C=O) groups is 1. The Morgan fingerprint density at radius 3 is 2.61 bits per heavy atom. The van der Waals surface area contributed by atoms with E-state index in [1.807, 2.05) is 26.0 Å². The maximum absolute atomic E-state index is 12.2. The van der Waals surface area contributed by atoms with Crippen LogP contribution >= 0.6 is 0 Å². The monoisotopic (exact) mass is 310 g/mol. The second-order valence-electron chi connectivity index (χ2n) is 5.32. The lowest BCUT2D eigenvalue weighted by Crippen LogP contribution is -2.07. The molecule has 0 atom stereocenters. The number of rotatable bonds is 3. The third kappa shape index (κ3) is 2.63. The van der Waals surface area contributed by atoms with E-state index in [9.17, 15) is 4.79 Å². The van der Waals surface area contributed by atoms with E-state index in [1.54, 1.807) is 29.8 Å². The van der Waals surface area contributed by atoms with Crippen LogP contribution in [0.15, 0.2) is 30.3 Å². The van der Waals surface area contributed by atoms with Crippen LogP contribution in [0.3, 0.4) is 0 Å². The number of anilines is 1. The molecule has 3 rings (SSSR count). The fraction of sp³-hybridized carbons (Fsp3) is 0.235. The molecule has 0 aliphatic heterocycles. The number of nitrogens with zero attached hydrogens (tertiary/aromatic N) is 3. The van der Waals surface area contributed by atoms with Crippen molar-refractivity contribution < 1.29 is 9.53 Å². The number of aromatic nitrogens is 3. The van der Waals surface area contributed by atoms with Gasteiger partial charge in [0.15, 0.2) is 5.65 Å². The summed E-state index contributed by atoms with van der Waals surface area (Å²) < 4.78 is 6.88. The Labute approximate surface area is 133 Å². The molecule has 0 fully saturated rings. The Balaban J connectivity index is 2.26. The van der Waals surface area contributed by atoms with Crippen LogP contribution in [-0.2, 0) is 4.74 Å². The standard InChI is InChI=1S/C17H18N4O2/c1-4-23-17(22)14-9-10(2)19-16-15(14)11(3)20-21(16)13-7-5-12(18)6-8-13/h5-9H,4,18H2,1-3H3. The van der Waals surface area contributed by atoms with E-state index >= 15 is 0 Å². The summed E-state index contributed by atoms with van der Waals surface area (Å²) in [5.74, 6) is -0.358. The Bertz CT molecular complexity index is 882. The molecule has 0 aliphatic rings. The maximum Gasteiger partial charge on any atom is 0.339 e. The summed E-state index contributed by atoms with van der Waals surface area (Å²) in [6.45, 7) is 5.81. The van der Waals surface area contributed by atoms with Gasteiger partial charge in [0, 0.05) is 11.4 Å². The van der Waals surface area contributed by atoms with Gasteiger partial charge in [-0.2, -0.15) is 5.10 Å². The van der Waals surface area contributed by atoms with Crippen LogP contribution in [0.25, 0.3) is 16.7 Å². The number of benzene rings is 1. The zero-order valence-corrected chi connectivity index (χ0v) is 13.3. The second-order valence-corrected chi connectivity index (χ2v) is 5.32. The van der Waals surface area contributed by atoms with E-state index in [1.165, 1.54) is 0 Å². The van der Waals surface area contributed by atoms with Crippen molar-refractivity contribution in [3.05, 3.63) is 47.3 Å². The summed E-state index contributed by atoms with van der Waals surface area (Å²) in [6.07, 6.45) is 0. The van der Waals surface area contributed by atoms with Crippen molar-refractivity contribution in [1.29, 1.82) is 0 Å². The van der Waals surface area contributed by atoms with Crippen LogP contribution in [0.5, 0.6) is 0 Å². The van der Waals surface area contributed by atoms with Gasteiger partial charge in [0.2, 0.25) is 0 Å². The first-order valence-electron chi connectivity index (χ1n) is 7.41. The van der Waals surface area contributed by atoms with E-state index in [2.05, 4.69) is 10.1 Å². The van der Waals surface area contributed by atoms with E-state index in [0.717, 1.165) is 17.1 Å². The van der Waals surface area contributed by atoms with Crippen molar-refractivity contribution >= 4 is 22.7 Å². The lowest BCUT2D eigenvalue weighted by Gasteiger charge is -2.07. The molecule has 2 N–H and O–H groups in total. The van der Waals surface area contributed by atoms with Crippen molar-refractivity contribution in [2.75, 3.05) is 12.3 Å². The normalized spacial score (nSPS) is 10.9. The number of pyridine rings is 1. The highest BCUT2D eigenvalue weighted by Gasteiger charge is 2.20. The van der Waals surface area contributed by atoms with Crippen LogP contribution in [0, 0.1) is 13.8 Å². The SMILES string of the molecule is CCOC(=O)c1cc(C)nc2c1c(C)nn2-c1ccc(N)cc1. The molecular formula is C17H18N4O2. The van der Waals surface area contributed by atoms with Crippen LogP contribution in [0.4, 0.5) is 5.69 Å². The molecule has 118 valence electrons. The van der Waals surface area contributed by atoms with Crippen molar-refractivity contribution in [1.82, 2.24) is 14.8 Å². The van der Waals surface area contributed by atoms with Gasteiger partial charge in [0.25, 0.3) is 0 Å². The summed E-state index contributed by atoms with van der Waals surface area (Å²) in [5.41, 5.74) is 9.85. The van der Waals surface area contributed by atoms with Crippen LogP contribution in [-0.4, -0.2) is 27.3 Å². The second kappa shape index (κ2) is 5.72. The molecule has 0 saturated carbocycles. The molecule has 0 amide bonds. The quantitative estimate of drug-likeness (QED) is 0.594. The Morgan fingerprint density at radius 2 is 1.96 bits per heavy atom. The molecule has 1 aromatic carbocycles. The molecule has 23 heavy (non-hydrogen) atoms. The first-order valence-corrected chi connectivity index (χ1v) is 7.41. The highest BCUT2D eigenvalue weighted by Crippen LogP contribution is 2.25. The molecule has 0 aliphatic carbocycles. The van der Waals surface area contributed by atoms with Crippen molar-refractivity contribution in [2.45, 2.75) is 20.8 Å². The average Bonchev–Trinajstić information content (AvgIpc) is 2.84. The molecule has 6 nitrogen and oxygen atoms in total. The van der Waals surface area contributed by atoms with Crippen molar-refractivity contribution in [3.8, 4) is 5.69 Å². The van der Waals surface area contributed by atoms with E-state index < -0.39 is 0 Å². The van der Waals surface area contributed by atoms with Crippen molar-refractivity contribution in [2.24, 2.45) is 0 Å². The molecule has 0 bridgehead atoms. The predicted molar refractivity (Wildman–Crippen MR) is 88.7 cm³/mol. The Morgan fingerprint density at radius 1 is 1.26 bits per heavy atom. The van der Waals surface area contributed by atoms with Gasteiger partial charge in [-0.15, -0.1) is 0 Å². The number of hydrogen-bond donors (Lipinski definition) is 1. The van der Waals surface area contributed by atoms with E-state index in [4.69, 9.17) is 10.5 Å². The molecule has 2 aromatic heterocycles. The Kier molecular flexibility index (Phi) is 3.73. The molecule has 0 unspecified atom stereocenters. The van der Waals surface area contributed by atoms with Gasteiger partial charge in [0.1, 0.15) is 0 Å². The summed E-state index contributed by atoms with van der Waals surface area (Å²) in [6, 6.07) is 9.09. The first-order chi connectivity index (χ1) is 11.0. The Hall–Kier alpha value is -2.89. The predicted octanol–water partition coefficient (Wildman–Crippen LogP) is 2.80. The zero-order chi connectivity index (χ0) is 16.6. The zero-order valence-electron chi connectivity index (χ0n) is 13.3. The van der Waals surface area contributed by atoms with Gasteiger partial charge in [0.05, 0.1) is 28.9 Å². The van der Waals surface area contributed by atoms with Gasteiger partial charge >= 0.3 is 5.97 Å². The number of ether oxygens (including phenoxy) is 1. The number of nitrogens with two attached hydrogens (primary N) is 1.